The topological polar surface area (TPSA) is 208 Å². The normalized spacial score (nSPS) is 52.7. The molecule has 0 saturated carbocycles. The molecule has 0 aromatic rings. The number of hydrogen-bond acceptors (Lipinski definition) is 13. The molecule has 0 aromatic heterocycles. The molecule has 0 spiro atoms. The van der Waals surface area contributed by atoms with Crippen molar-refractivity contribution in [1.29, 1.82) is 0 Å². The molecule has 3 aliphatic heterocycles. The first-order valence-electron chi connectivity index (χ1n) is 8.81. The second-order valence-corrected chi connectivity index (χ2v) is 6.95. The van der Waals surface area contributed by atoms with E-state index in [-0.39, 0.29) is 13.2 Å². The van der Waals surface area contributed by atoms with Crippen LogP contribution in [0.5, 0.6) is 0 Å². The van der Waals surface area contributed by atoms with Gasteiger partial charge in [0.05, 0.1) is 19.8 Å². The summed E-state index contributed by atoms with van der Waals surface area (Å²) in [5, 5.41) is 78.1. The quantitative estimate of drug-likeness (QED) is 0.211. The van der Waals surface area contributed by atoms with E-state index in [4.69, 9.17) is 28.8 Å². The number of ether oxygens (including phenoxy) is 5. The van der Waals surface area contributed by atoms with Crippen LogP contribution in [-0.4, -0.2) is 134 Å². The second-order valence-electron chi connectivity index (χ2n) is 6.95. The molecule has 3 saturated heterocycles. The Labute approximate surface area is 159 Å². The van der Waals surface area contributed by atoms with Gasteiger partial charge in [0.2, 0.25) is 0 Å². The summed E-state index contributed by atoms with van der Waals surface area (Å²) in [7, 11) is 0. The van der Waals surface area contributed by atoms with Gasteiger partial charge in [-0.1, -0.05) is 0 Å². The summed E-state index contributed by atoms with van der Waals surface area (Å²) in [4.78, 5) is 0. The zero-order valence-electron chi connectivity index (χ0n) is 14.7. The second kappa shape index (κ2) is 9.09. The van der Waals surface area contributed by atoms with E-state index in [1.54, 1.807) is 0 Å². The summed E-state index contributed by atoms with van der Waals surface area (Å²) in [6.45, 7) is -1.23. The van der Waals surface area contributed by atoms with Crippen molar-refractivity contribution >= 4 is 0 Å². The van der Waals surface area contributed by atoms with Crippen LogP contribution >= 0.6 is 0 Å². The van der Waals surface area contributed by atoms with Gasteiger partial charge in [0.1, 0.15) is 54.9 Å². The lowest BCUT2D eigenvalue weighted by Gasteiger charge is -2.42. The lowest BCUT2D eigenvalue weighted by Crippen LogP contribution is -2.60. The number of aliphatic hydroxyl groups excluding tert-OH is 8. The van der Waals surface area contributed by atoms with Crippen LogP contribution in [0.25, 0.3) is 0 Å². The van der Waals surface area contributed by atoms with Crippen LogP contribution in [0.2, 0.25) is 0 Å². The SMILES string of the molecule is OC[C@@H]1O[C@@H](O[C@H]2[C@H](O[C@@H]3COC(O)[C@H](O)[C@H]3O)OC[C@@H](O)[C@@H]2O)[C@H](O)[C@H]1O. The third kappa shape index (κ3) is 4.32. The first-order chi connectivity index (χ1) is 13.2. The van der Waals surface area contributed by atoms with Crippen molar-refractivity contribution in [2.45, 2.75) is 73.8 Å². The first kappa shape index (κ1) is 22.2. The number of rotatable bonds is 5. The van der Waals surface area contributed by atoms with E-state index in [9.17, 15) is 35.7 Å². The van der Waals surface area contributed by atoms with E-state index in [1.807, 2.05) is 0 Å². The Morgan fingerprint density at radius 1 is 0.714 bits per heavy atom. The lowest BCUT2D eigenvalue weighted by molar-refractivity contribution is -0.346. The van der Waals surface area contributed by atoms with Gasteiger partial charge in [0, 0.05) is 0 Å². The Morgan fingerprint density at radius 3 is 2.07 bits per heavy atom. The summed E-state index contributed by atoms with van der Waals surface area (Å²) in [5.74, 6) is 0. The molecule has 0 radical (unpaired) electrons. The standard InChI is InChI=1S/C15H26O13/c16-1-5-8(19)11(22)14(26-5)28-12-7(18)4(17)2-25-15(12)27-6-3-24-13(23)10(21)9(6)20/h4-23H,1-3H2/t4-,5+,6-,7+,8+,9+,10-,11-,12-,13?,14+,15+/m1/s1. The molecule has 8 N–H and O–H groups in total. The molecule has 0 bridgehead atoms. The zero-order valence-corrected chi connectivity index (χ0v) is 14.7. The van der Waals surface area contributed by atoms with Gasteiger partial charge in [0.15, 0.2) is 18.9 Å². The maximum absolute atomic E-state index is 10.3. The molecule has 13 nitrogen and oxygen atoms in total. The minimum Gasteiger partial charge on any atom is -0.394 e. The molecule has 3 aliphatic rings. The molecular weight excluding hydrogens is 388 g/mol. The van der Waals surface area contributed by atoms with Crippen LogP contribution in [0, 0.1) is 0 Å². The van der Waals surface area contributed by atoms with Gasteiger partial charge < -0.3 is 64.5 Å². The molecule has 1 unspecified atom stereocenters. The molecule has 28 heavy (non-hydrogen) atoms. The minimum absolute atomic E-state index is 0.307. The van der Waals surface area contributed by atoms with Gasteiger partial charge in [-0.2, -0.15) is 0 Å². The molecule has 3 fully saturated rings. The molecule has 0 aliphatic carbocycles. The third-order valence-corrected chi connectivity index (χ3v) is 4.98. The van der Waals surface area contributed by atoms with E-state index in [1.165, 1.54) is 0 Å². The number of aliphatic hydroxyl groups is 8. The molecular formula is C15H26O13. The van der Waals surface area contributed by atoms with Crippen molar-refractivity contribution in [3.8, 4) is 0 Å². The summed E-state index contributed by atoms with van der Waals surface area (Å²) in [6, 6.07) is 0. The van der Waals surface area contributed by atoms with Crippen molar-refractivity contribution in [3.05, 3.63) is 0 Å². The van der Waals surface area contributed by atoms with Crippen molar-refractivity contribution < 1.29 is 64.5 Å². The predicted octanol–water partition coefficient (Wildman–Crippen LogP) is -5.66. The van der Waals surface area contributed by atoms with Gasteiger partial charge in [0.25, 0.3) is 0 Å². The summed E-state index contributed by atoms with van der Waals surface area (Å²) >= 11 is 0. The largest absolute Gasteiger partial charge is 0.394 e. The fraction of sp³-hybridized carbons (Fsp3) is 1.00. The van der Waals surface area contributed by atoms with Crippen molar-refractivity contribution in [2.75, 3.05) is 19.8 Å². The van der Waals surface area contributed by atoms with E-state index in [0.717, 1.165) is 0 Å². The van der Waals surface area contributed by atoms with Crippen LogP contribution in [0.3, 0.4) is 0 Å². The van der Waals surface area contributed by atoms with Crippen LogP contribution in [0.4, 0.5) is 0 Å². The highest BCUT2D eigenvalue weighted by Crippen LogP contribution is 2.29. The highest BCUT2D eigenvalue weighted by atomic mass is 16.8. The Morgan fingerprint density at radius 2 is 1.43 bits per heavy atom. The average Bonchev–Trinajstić information content (AvgIpc) is 2.95. The van der Waals surface area contributed by atoms with Gasteiger partial charge in [-0.05, 0) is 0 Å². The van der Waals surface area contributed by atoms with E-state index < -0.39 is 80.4 Å². The fourth-order valence-corrected chi connectivity index (χ4v) is 3.23. The molecule has 12 atom stereocenters. The van der Waals surface area contributed by atoms with Crippen molar-refractivity contribution in [3.63, 3.8) is 0 Å². The molecule has 3 rings (SSSR count). The van der Waals surface area contributed by atoms with Gasteiger partial charge in [-0.3, -0.25) is 0 Å². The molecule has 0 aromatic carbocycles. The molecule has 3 heterocycles. The smallest absolute Gasteiger partial charge is 0.187 e. The first-order valence-corrected chi connectivity index (χ1v) is 8.81. The Balaban J connectivity index is 1.69. The van der Waals surface area contributed by atoms with Crippen LogP contribution in [0.1, 0.15) is 0 Å². The summed E-state index contributed by atoms with van der Waals surface area (Å²) in [6.07, 6.45) is -17.2. The minimum atomic E-state index is -1.64. The maximum atomic E-state index is 10.3. The van der Waals surface area contributed by atoms with Crippen molar-refractivity contribution in [1.82, 2.24) is 0 Å². The van der Waals surface area contributed by atoms with Crippen molar-refractivity contribution in [2.24, 2.45) is 0 Å². The number of hydrogen-bond donors (Lipinski definition) is 8. The monoisotopic (exact) mass is 414 g/mol. The molecule has 0 amide bonds. The molecule has 164 valence electrons. The Hall–Kier alpha value is -0.520. The third-order valence-electron chi connectivity index (χ3n) is 4.98. The highest BCUT2D eigenvalue weighted by Gasteiger charge is 2.50. The highest BCUT2D eigenvalue weighted by molar-refractivity contribution is 4.91. The van der Waals surface area contributed by atoms with Crippen LogP contribution in [-0.2, 0) is 23.7 Å². The fourth-order valence-electron chi connectivity index (χ4n) is 3.23. The average molecular weight is 414 g/mol. The maximum Gasteiger partial charge on any atom is 0.187 e. The Kier molecular flexibility index (Phi) is 7.20. The van der Waals surface area contributed by atoms with E-state index >= 15 is 0 Å². The zero-order chi connectivity index (χ0) is 20.6. The lowest BCUT2D eigenvalue weighted by atomic mass is 10.0. The van der Waals surface area contributed by atoms with Gasteiger partial charge in [-0.25, -0.2) is 0 Å². The van der Waals surface area contributed by atoms with Gasteiger partial charge >= 0.3 is 0 Å². The predicted molar refractivity (Wildman–Crippen MR) is 83.2 cm³/mol. The van der Waals surface area contributed by atoms with Crippen LogP contribution < -0.4 is 0 Å². The van der Waals surface area contributed by atoms with Crippen LogP contribution in [0.15, 0.2) is 0 Å². The van der Waals surface area contributed by atoms with E-state index in [2.05, 4.69) is 0 Å². The summed E-state index contributed by atoms with van der Waals surface area (Å²) in [5.41, 5.74) is 0. The Bertz CT molecular complexity index is 508. The van der Waals surface area contributed by atoms with Gasteiger partial charge in [-0.15, -0.1) is 0 Å². The summed E-state index contributed by atoms with van der Waals surface area (Å²) < 4.78 is 26.3. The molecule has 13 heteroatoms. The van der Waals surface area contributed by atoms with E-state index in [0.29, 0.717) is 0 Å².